The maximum absolute atomic E-state index is 6.79. The third kappa shape index (κ3) is 3.87. The lowest BCUT2D eigenvalue weighted by molar-refractivity contribution is 0.670. The molecular weight excluding hydrogens is 611 g/mol. The fourth-order valence-electron chi connectivity index (χ4n) is 7.91. The summed E-state index contributed by atoms with van der Waals surface area (Å²) in [5.41, 5.74) is 9.58. The minimum atomic E-state index is 0.792. The predicted molar refractivity (Wildman–Crippen MR) is 207 cm³/mol. The van der Waals surface area contributed by atoms with Crippen molar-refractivity contribution in [2.75, 3.05) is 0 Å². The lowest BCUT2D eigenvalue weighted by Gasteiger charge is -2.15. The highest BCUT2D eigenvalue weighted by atomic mass is 16.3. The van der Waals surface area contributed by atoms with E-state index in [9.17, 15) is 0 Å². The first-order valence-electron chi connectivity index (χ1n) is 16.9. The Hall–Kier alpha value is -6.78. The molecule has 50 heavy (non-hydrogen) atoms. The van der Waals surface area contributed by atoms with Crippen LogP contribution in [-0.4, -0.2) is 14.5 Å². The van der Waals surface area contributed by atoms with E-state index in [0.717, 1.165) is 83.0 Å². The molecule has 4 heteroatoms. The van der Waals surface area contributed by atoms with E-state index in [-0.39, 0.29) is 0 Å². The van der Waals surface area contributed by atoms with Gasteiger partial charge in [0.2, 0.25) is 0 Å². The van der Waals surface area contributed by atoms with Crippen LogP contribution in [0, 0.1) is 0 Å². The Morgan fingerprint density at radius 3 is 1.96 bits per heavy atom. The third-order valence-electron chi connectivity index (χ3n) is 10.1. The molecule has 0 saturated heterocycles. The predicted octanol–water partition coefficient (Wildman–Crippen LogP) is 12.3. The largest absolute Gasteiger partial charge is 0.455 e. The van der Waals surface area contributed by atoms with Gasteiger partial charge >= 0.3 is 0 Å². The van der Waals surface area contributed by atoms with Crippen molar-refractivity contribution >= 4 is 76.3 Å². The molecule has 11 aromatic rings. The summed E-state index contributed by atoms with van der Waals surface area (Å²) in [6.07, 6.45) is 0. The molecule has 0 saturated carbocycles. The molecule has 0 bridgehead atoms. The molecule has 0 aliphatic carbocycles. The number of fused-ring (bicyclic) bond motifs is 10. The van der Waals surface area contributed by atoms with Crippen molar-refractivity contribution < 1.29 is 4.42 Å². The van der Waals surface area contributed by atoms with Crippen molar-refractivity contribution in [3.05, 3.63) is 164 Å². The highest BCUT2D eigenvalue weighted by Gasteiger charge is 2.24. The zero-order valence-electron chi connectivity index (χ0n) is 26.8. The molecule has 0 aliphatic rings. The Morgan fingerprint density at radius 2 is 1.12 bits per heavy atom. The van der Waals surface area contributed by atoms with E-state index in [1.807, 2.05) is 30.3 Å². The van der Waals surface area contributed by atoms with E-state index < -0.39 is 0 Å². The van der Waals surface area contributed by atoms with Gasteiger partial charge in [-0.3, -0.25) is 4.57 Å². The Balaban J connectivity index is 1.32. The molecule has 0 fully saturated rings. The second-order valence-electron chi connectivity index (χ2n) is 12.9. The molecule has 0 radical (unpaired) electrons. The van der Waals surface area contributed by atoms with Gasteiger partial charge in [0.25, 0.3) is 0 Å². The highest BCUT2D eigenvalue weighted by Crippen LogP contribution is 2.45. The maximum Gasteiger partial charge on any atom is 0.165 e. The molecule has 232 valence electrons. The summed E-state index contributed by atoms with van der Waals surface area (Å²) in [6.45, 7) is 0. The van der Waals surface area contributed by atoms with Crippen molar-refractivity contribution in [2.24, 2.45) is 0 Å². The van der Waals surface area contributed by atoms with Gasteiger partial charge in [0.05, 0.1) is 22.1 Å². The Labute approximate surface area is 286 Å². The molecule has 3 heterocycles. The molecule has 0 aliphatic heterocycles. The van der Waals surface area contributed by atoms with Crippen LogP contribution in [0.1, 0.15) is 0 Å². The number of benzene rings is 8. The monoisotopic (exact) mass is 637 g/mol. The van der Waals surface area contributed by atoms with Crippen LogP contribution in [-0.2, 0) is 0 Å². The summed E-state index contributed by atoms with van der Waals surface area (Å²) in [5.74, 6) is 0.792. The molecule has 4 nitrogen and oxygen atoms in total. The van der Waals surface area contributed by atoms with Crippen LogP contribution >= 0.6 is 0 Å². The molecule has 0 N–H and O–H groups in total. The summed E-state index contributed by atoms with van der Waals surface area (Å²) in [5, 5.41) is 9.33. The zero-order valence-corrected chi connectivity index (χ0v) is 26.8. The number of aromatic nitrogens is 3. The SMILES string of the molecule is c1ccc(-c2nc3ccccc3nc2-n2c3cc4ccccc4cc3c3cccc(-c4cccc5c4oc4ccc6ccccc6c45)c32)cc1. The molecule has 8 aromatic carbocycles. The summed E-state index contributed by atoms with van der Waals surface area (Å²) in [7, 11) is 0. The van der Waals surface area contributed by atoms with Gasteiger partial charge in [-0.15, -0.1) is 0 Å². The second-order valence-corrected chi connectivity index (χ2v) is 12.9. The fraction of sp³-hybridized carbons (Fsp3) is 0. The average Bonchev–Trinajstić information content (AvgIpc) is 3.73. The lowest BCUT2D eigenvalue weighted by atomic mass is 9.98. The van der Waals surface area contributed by atoms with Gasteiger partial charge in [-0.2, -0.15) is 0 Å². The van der Waals surface area contributed by atoms with Crippen LogP contribution in [0.2, 0.25) is 0 Å². The van der Waals surface area contributed by atoms with Gasteiger partial charge in [0.1, 0.15) is 16.9 Å². The van der Waals surface area contributed by atoms with Crippen LogP contribution in [0.4, 0.5) is 0 Å². The van der Waals surface area contributed by atoms with E-state index in [4.69, 9.17) is 14.4 Å². The molecule has 0 spiro atoms. The van der Waals surface area contributed by atoms with Crippen molar-refractivity contribution in [1.29, 1.82) is 0 Å². The second kappa shape index (κ2) is 10.4. The fourth-order valence-corrected chi connectivity index (χ4v) is 7.91. The first-order chi connectivity index (χ1) is 24.8. The maximum atomic E-state index is 6.79. The highest BCUT2D eigenvalue weighted by molar-refractivity contribution is 6.23. The summed E-state index contributed by atoms with van der Waals surface area (Å²) < 4.78 is 9.13. The quantitative estimate of drug-likeness (QED) is 0.194. The molecular formula is C46H27N3O. The normalized spacial score (nSPS) is 12.0. The van der Waals surface area contributed by atoms with Crippen LogP contribution in [0.3, 0.4) is 0 Å². The number of nitrogens with zero attached hydrogens (tertiary/aromatic N) is 3. The first-order valence-corrected chi connectivity index (χ1v) is 16.9. The summed E-state index contributed by atoms with van der Waals surface area (Å²) in [6, 6.07) is 57.6. The topological polar surface area (TPSA) is 43.9 Å². The number of para-hydroxylation sites is 4. The van der Waals surface area contributed by atoms with Gasteiger partial charge < -0.3 is 4.42 Å². The number of rotatable bonds is 3. The summed E-state index contributed by atoms with van der Waals surface area (Å²) in [4.78, 5) is 10.7. The molecule has 0 amide bonds. The van der Waals surface area contributed by atoms with Gasteiger partial charge in [0, 0.05) is 38.2 Å². The van der Waals surface area contributed by atoms with E-state index in [2.05, 4.69) is 138 Å². The van der Waals surface area contributed by atoms with Crippen LogP contribution in [0.5, 0.6) is 0 Å². The van der Waals surface area contributed by atoms with E-state index in [1.165, 1.54) is 21.5 Å². The average molecular weight is 638 g/mol. The Bertz CT molecular complexity index is 3150. The van der Waals surface area contributed by atoms with Crippen molar-refractivity contribution in [2.45, 2.75) is 0 Å². The first kappa shape index (κ1) is 27.2. The molecule has 3 aromatic heterocycles. The van der Waals surface area contributed by atoms with Crippen molar-refractivity contribution in [1.82, 2.24) is 14.5 Å². The molecule has 0 unspecified atom stereocenters. The van der Waals surface area contributed by atoms with Crippen molar-refractivity contribution in [3.63, 3.8) is 0 Å². The van der Waals surface area contributed by atoms with Crippen LogP contribution < -0.4 is 0 Å². The number of hydrogen-bond acceptors (Lipinski definition) is 3. The van der Waals surface area contributed by atoms with Gasteiger partial charge in [0.15, 0.2) is 5.82 Å². The lowest BCUT2D eigenvalue weighted by Crippen LogP contribution is -2.04. The van der Waals surface area contributed by atoms with Crippen LogP contribution in [0.15, 0.2) is 168 Å². The van der Waals surface area contributed by atoms with Gasteiger partial charge in [-0.25, -0.2) is 9.97 Å². The number of furan rings is 1. The minimum absolute atomic E-state index is 0.792. The van der Waals surface area contributed by atoms with Gasteiger partial charge in [-0.05, 0) is 51.9 Å². The van der Waals surface area contributed by atoms with Gasteiger partial charge in [-0.1, -0.05) is 133 Å². The van der Waals surface area contributed by atoms with Crippen LogP contribution in [0.25, 0.3) is 105 Å². The smallest absolute Gasteiger partial charge is 0.165 e. The Morgan fingerprint density at radius 1 is 0.460 bits per heavy atom. The standard InChI is InChI=1S/C46H27N3O/c1-2-13-29(14-3-1)43-46(48-39-23-9-8-22-38(39)47-43)49-40-27-31-16-5-4-15-30(31)26-37(40)34-19-10-18-33(44(34)49)35-20-11-21-36-42-32-17-7-6-12-28(32)24-25-41(42)50-45(35)36/h1-27H. The third-order valence-corrected chi connectivity index (χ3v) is 10.1. The van der Waals surface area contributed by atoms with E-state index in [1.54, 1.807) is 0 Å². The summed E-state index contributed by atoms with van der Waals surface area (Å²) >= 11 is 0. The zero-order chi connectivity index (χ0) is 32.8. The van der Waals surface area contributed by atoms with E-state index in [0.29, 0.717) is 0 Å². The molecule has 0 atom stereocenters. The molecule has 11 rings (SSSR count). The Kier molecular flexibility index (Phi) is 5.63. The minimum Gasteiger partial charge on any atom is -0.455 e. The van der Waals surface area contributed by atoms with Crippen molar-refractivity contribution in [3.8, 4) is 28.2 Å². The van der Waals surface area contributed by atoms with E-state index >= 15 is 0 Å². The number of hydrogen-bond donors (Lipinski definition) is 0.